The number of ketones is 1. The van der Waals surface area contributed by atoms with E-state index in [4.69, 9.17) is 14.6 Å². The lowest BCUT2D eigenvalue weighted by Crippen LogP contribution is -2.29. The van der Waals surface area contributed by atoms with Gasteiger partial charge in [0, 0.05) is 5.69 Å². The summed E-state index contributed by atoms with van der Waals surface area (Å²) in [6.45, 7) is 0. The minimum absolute atomic E-state index is 0.148. The zero-order chi connectivity index (χ0) is 25.3. The molecule has 1 fully saturated rings. The average Bonchev–Trinajstić information content (AvgIpc) is 3.13. The number of benzene rings is 3. The van der Waals surface area contributed by atoms with Gasteiger partial charge in [-0.25, -0.2) is 13.6 Å². The maximum Gasteiger partial charge on any atom is 0.300 e. The first kappa shape index (κ1) is 24.0. The topological polar surface area (TPSA) is 136 Å². The van der Waals surface area contributed by atoms with Crippen LogP contribution >= 0.6 is 0 Å². The van der Waals surface area contributed by atoms with E-state index in [1.165, 1.54) is 43.4 Å². The first-order chi connectivity index (χ1) is 16.7. The van der Waals surface area contributed by atoms with Crippen LogP contribution in [0.4, 0.5) is 5.69 Å². The molecule has 3 N–H and O–H groups in total. The third kappa shape index (κ3) is 4.36. The number of aliphatic hydroxyl groups excluding tert-OH is 1. The fourth-order valence-electron chi connectivity index (χ4n) is 4.01. The van der Waals surface area contributed by atoms with Gasteiger partial charge in [0.15, 0.2) is 0 Å². The van der Waals surface area contributed by atoms with Crippen LogP contribution in [0.5, 0.6) is 11.5 Å². The van der Waals surface area contributed by atoms with Gasteiger partial charge in [0.05, 0.1) is 36.3 Å². The highest BCUT2D eigenvalue weighted by Crippen LogP contribution is 2.43. The molecule has 1 aliphatic heterocycles. The lowest BCUT2D eigenvalue weighted by atomic mass is 9.94. The van der Waals surface area contributed by atoms with Gasteiger partial charge < -0.3 is 14.6 Å². The molecule has 9 nitrogen and oxygen atoms in total. The zero-order valence-electron chi connectivity index (χ0n) is 18.8. The number of para-hydroxylation sites is 1. The number of anilines is 1. The number of aliphatic hydroxyl groups is 1. The normalized spacial score (nSPS) is 17.5. The van der Waals surface area contributed by atoms with Crippen molar-refractivity contribution in [2.75, 3.05) is 19.1 Å². The van der Waals surface area contributed by atoms with Crippen molar-refractivity contribution >= 4 is 33.2 Å². The van der Waals surface area contributed by atoms with Gasteiger partial charge in [-0.15, -0.1) is 0 Å². The van der Waals surface area contributed by atoms with E-state index in [0.29, 0.717) is 17.1 Å². The van der Waals surface area contributed by atoms with Gasteiger partial charge in [-0.2, -0.15) is 0 Å². The van der Waals surface area contributed by atoms with Crippen molar-refractivity contribution in [3.8, 4) is 11.5 Å². The molecule has 1 amide bonds. The summed E-state index contributed by atoms with van der Waals surface area (Å²) in [5.74, 6) is -1.40. The molecular formula is C25H22N2O7S. The van der Waals surface area contributed by atoms with Crippen LogP contribution in [0.3, 0.4) is 0 Å². The van der Waals surface area contributed by atoms with E-state index in [0.717, 1.165) is 0 Å². The molecule has 35 heavy (non-hydrogen) atoms. The fraction of sp³-hybridized carbons (Fsp3) is 0.120. The minimum atomic E-state index is -3.96. The van der Waals surface area contributed by atoms with Crippen LogP contribution in [0, 0.1) is 0 Å². The Morgan fingerprint density at radius 1 is 0.943 bits per heavy atom. The van der Waals surface area contributed by atoms with Crippen molar-refractivity contribution in [1.82, 2.24) is 0 Å². The van der Waals surface area contributed by atoms with E-state index in [9.17, 15) is 23.1 Å². The molecule has 1 saturated heterocycles. The van der Waals surface area contributed by atoms with Crippen molar-refractivity contribution in [3.63, 3.8) is 0 Å². The lowest BCUT2D eigenvalue weighted by Gasteiger charge is -2.26. The monoisotopic (exact) mass is 494 g/mol. The molecule has 10 heteroatoms. The summed E-state index contributed by atoms with van der Waals surface area (Å²) in [4.78, 5) is 27.6. The highest BCUT2D eigenvalue weighted by molar-refractivity contribution is 7.89. The fourth-order valence-corrected chi connectivity index (χ4v) is 4.52. The molecule has 3 aromatic carbocycles. The smallest absolute Gasteiger partial charge is 0.300 e. The molecule has 4 rings (SSSR count). The summed E-state index contributed by atoms with van der Waals surface area (Å²) in [5.41, 5.74) is 0.829. The number of amides is 1. The molecule has 0 radical (unpaired) electrons. The molecule has 3 aromatic rings. The molecule has 1 atom stereocenters. The summed E-state index contributed by atoms with van der Waals surface area (Å²) >= 11 is 0. The second-order valence-corrected chi connectivity index (χ2v) is 9.25. The van der Waals surface area contributed by atoms with E-state index in [2.05, 4.69) is 0 Å². The number of hydrogen-bond acceptors (Lipinski definition) is 7. The molecule has 0 spiro atoms. The number of methoxy groups -OCH3 is 2. The number of hydrogen-bond donors (Lipinski definition) is 2. The molecule has 1 heterocycles. The molecular weight excluding hydrogens is 472 g/mol. The highest BCUT2D eigenvalue weighted by Gasteiger charge is 2.47. The number of sulfonamides is 1. The number of primary sulfonamides is 1. The van der Waals surface area contributed by atoms with Crippen LogP contribution in [0.25, 0.3) is 5.76 Å². The van der Waals surface area contributed by atoms with Crippen molar-refractivity contribution in [2.45, 2.75) is 10.9 Å². The number of carbonyl (C=O) groups excluding carboxylic acids is 2. The van der Waals surface area contributed by atoms with Crippen LogP contribution in [-0.2, 0) is 19.6 Å². The predicted octanol–water partition coefficient (Wildman–Crippen LogP) is 2.98. The summed E-state index contributed by atoms with van der Waals surface area (Å²) in [6.07, 6.45) is 0. The van der Waals surface area contributed by atoms with Crippen molar-refractivity contribution in [3.05, 3.63) is 89.5 Å². The Balaban J connectivity index is 1.96. The largest absolute Gasteiger partial charge is 0.507 e. The lowest BCUT2D eigenvalue weighted by molar-refractivity contribution is -0.132. The zero-order valence-corrected chi connectivity index (χ0v) is 19.7. The predicted molar refractivity (Wildman–Crippen MR) is 129 cm³/mol. The number of nitrogens with two attached hydrogens (primary N) is 1. The van der Waals surface area contributed by atoms with Crippen LogP contribution < -0.4 is 19.5 Å². The Morgan fingerprint density at radius 3 is 2.26 bits per heavy atom. The summed E-state index contributed by atoms with van der Waals surface area (Å²) in [6, 6.07) is 17.5. The van der Waals surface area contributed by atoms with Gasteiger partial charge in [0.25, 0.3) is 11.7 Å². The second-order valence-electron chi connectivity index (χ2n) is 7.68. The van der Waals surface area contributed by atoms with Gasteiger partial charge in [0.1, 0.15) is 17.3 Å². The van der Waals surface area contributed by atoms with Gasteiger partial charge in [-0.1, -0.05) is 24.3 Å². The van der Waals surface area contributed by atoms with Gasteiger partial charge in [0.2, 0.25) is 10.0 Å². The minimum Gasteiger partial charge on any atom is -0.507 e. The first-order valence-electron chi connectivity index (χ1n) is 10.4. The highest BCUT2D eigenvalue weighted by atomic mass is 32.2. The Labute approximate surface area is 202 Å². The van der Waals surface area contributed by atoms with Gasteiger partial charge in [-0.05, 0) is 54.1 Å². The van der Waals surface area contributed by atoms with E-state index >= 15 is 0 Å². The SMILES string of the molecule is COc1cccc(C2/C(=C(\O)c3ccccc3OC)C(=O)C(=O)N2c2ccc(S(N)(=O)=O)cc2)c1. The van der Waals surface area contributed by atoms with E-state index < -0.39 is 33.5 Å². The number of carbonyl (C=O) groups is 2. The Kier molecular flexibility index (Phi) is 6.33. The van der Waals surface area contributed by atoms with Crippen molar-refractivity contribution in [1.29, 1.82) is 0 Å². The van der Waals surface area contributed by atoms with Crippen molar-refractivity contribution < 1.29 is 32.6 Å². The summed E-state index contributed by atoms with van der Waals surface area (Å²) < 4.78 is 34.0. The van der Waals surface area contributed by atoms with Gasteiger partial charge in [-0.3, -0.25) is 14.5 Å². The molecule has 0 aromatic heterocycles. The maximum atomic E-state index is 13.3. The van der Waals surface area contributed by atoms with E-state index in [1.54, 1.807) is 48.5 Å². The molecule has 0 saturated carbocycles. The number of rotatable bonds is 6. The molecule has 1 unspecified atom stereocenters. The Morgan fingerprint density at radius 2 is 1.63 bits per heavy atom. The molecule has 0 aliphatic carbocycles. The van der Waals surface area contributed by atoms with Gasteiger partial charge >= 0.3 is 0 Å². The summed E-state index contributed by atoms with van der Waals surface area (Å²) in [5, 5.41) is 16.5. The van der Waals surface area contributed by atoms with Crippen LogP contribution in [-0.4, -0.2) is 39.4 Å². The number of Topliss-reactive ketones (excluding diaryl/α,β-unsaturated/α-hetero) is 1. The third-order valence-corrected chi connectivity index (χ3v) is 6.59. The first-order valence-corrected chi connectivity index (χ1v) is 11.9. The van der Waals surface area contributed by atoms with Crippen LogP contribution in [0.1, 0.15) is 17.2 Å². The van der Waals surface area contributed by atoms with E-state index in [-0.39, 0.29) is 21.7 Å². The van der Waals surface area contributed by atoms with Crippen LogP contribution in [0.15, 0.2) is 83.3 Å². The number of nitrogens with zero attached hydrogens (tertiary/aromatic N) is 1. The molecule has 0 bridgehead atoms. The maximum absolute atomic E-state index is 13.3. The molecule has 180 valence electrons. The van der Waals surface area contributed by atoms with E-state index in [1.807, 2.05) is 0 Å². The second kappa shape index (κ2) is 9.24. The quantitative estimate of drug-likeness (QED) is 0.305. The summed E-state index contributed by atoms with van der Waals surface area (Å²) in [7, 11) is -1.05. The molecule has 1 aliphatic rings. The Hall–Kier alpha value is -4.15. The van der Waals surface area contributed by atoms with Crippen LogP contribution in [0.2, 0.25) is 0 Å². The van der Waals surface area contributed by atoms with Crippen molar-refractivity contribution in [2.24, 2.45) is 5.14 Å². The average molecular weight is 495 g/mol. The standard InChI is InChI=1S/C25H22N2O7S/c1-33-17-7-5-6-15(14-17)22-21(23(28)19-8-3-4-9-20(19)34-2)24(29)25(30)27(22)16-10-12-18(13-11-16)35(26,31)32/h3-14,22,28H,1-2H3,(H2,26,31,32)/b23-21+. The third-order valence-electron chi connectivity index (χ3n) is 5.66. The Bertz CT molecular complexity index is 1450. The number of ether oxygens (including phenoxy) is 2.